The van der Waals surface area contributed by atoms with E-state index in [1.165, 1.54) is 238 Å². The van der Waals surface area contributed by atoms with Gasteiger partial charge < -0.3 is 33.3 Å². The summed E-state index contributed by atoms with van der Waals surface area (Å²) < 4.78 is 22.7. The molecule has 0 fully saturated rings. The van der Waals surface area contributed by atoms with Crippen molar-refractivity contribution in [3.63, 3.8) is 0 Å². The summed E-state index contributed by atoms with van der Waals surface area (Å²) in [6.45, 7) is 4.77. The number of hydrogen-bond donors (Lipinski definition) is 0. The lowest BCUT2D eigenvalue weighted by molar-refractivity contribution is -0.870. The molecule has 0 saturated heterocycles. The van der Waals surface area contributed by atoms with Gasteiger partial charge in [-0.05, 0) is 70.6 Å². The number of carboxylic acid groups (broad SMARTS) is 1. The molecule has 458 valence electrons. The summed E-state index contributed by atoms with van der Waals surface area (Å²) in [5.74, 6) is -2.27. The molecule has 0 bridgehead atoms. The van der Waals surface area contributed by atoms with Crippen molar-refractivity contribution in [2.75, 3.05) is 47.5 Å². The van der Waals surface area contributed by atoms with Crippen molar-refractivity contribution in [3.8, 4) is 0 Å². The first kappa shape index (κ1) is 75.5. The molecular weight excluding hydrogens is 971 g/mol. The van der Waals surface area contributed by atoms with Crippen molar-refractivity contribution >= 4 is 17.9 Å². The normalized spacial score (nSPS) is 12.9. The summed E-state index contributed by atoms with van der Waals surface area (Å²) in [5.41, 5.74) is 0. The highest BCUT2D eigenvalue weighted by Crippen LogP contribution is 2.18. The zero-order valence-electron chi connectivity index (χ0n) is 52.3. The summed E-state index contributed by atoms with van der Waals surface area (Å²) in [7, 11) is 5.93. The van der Waals surface area contributed by atoms with Crippen molar-refractivity contribution in [2.45, 2.75) is 341 Å². The molecule has 0 aromatic carbocycles. The van der Waals surface area contributed by atoms with E-state index >= 15 is 0 Å². The predicted octanol–water partition coefficient (Wildman–Crippen LogP) is 19.1. The second kappa shape index (κ2) is 60.6. The van der Waals surface area contributed by atoms with Gasteiger partial charge in [0.1, 0.15) is 13.2 Å². The van der Waals surface area contributed by atoms with Gasteiger partial charge in [-0.3, -0.25) is 9.59 Å². The maximum absolute atomic E-state index is 12.9. The second-order valence-corrected chi connectivity index (χ2v) is 24.1. The zero-order chi connectivity index (χ0) is 56.9. The highest BCUT2D eigenvalue weighted by Gasteiger charge is 2.22. The smallest absolute Gasteiger partial charge is 0.306 e. The van der Waals surface area contributed by atoms with Crippen LogP contribution in [0.2, 0.25) is 0 Å². The lowest BCUT2D eigenvalue weighted by Gasteiger charge is -2.26. The van der Waals surface area contributed by atoms with Crippen LogP contribution in [0.5, 0.6) is 0 Å². The summed E-state index contributed by atoms with van der Waals surface area (Å²) in [6, 6.07) is 0. The van der Waals surface area contributed by atoms with Crippen LogP contribution in [0, 0.1) is 0 Å². The van der Waals surface area contributed by atoms with Crippen molar-refractivity contribution < 1.29 is 42.9 Å². The molecule has 9 heteroatoms. The molecule has 0 N–H and O–H groups in total. The number of carboxylic acids is 1. The molecule has 0 radical (unpaired) electrons. The Morgan fingerprint density at radius 1 is 0.385 bits per heavy atom. The monoisotopic (exact) mass is 1100 g/mol. The third kappa shape index (κ3) is 61.1. The number of rotatable bonds is 63. The minimum absolute atomic E-state index is 0.149. The minimum atomic E-state index is -1.62. The van der Waals surface area contributed by atoms with Crippen LogP contribution < -0.4 is 5.11 Å². The molecule has 9 nitrogen and oxygen atoms in total. The van der Waals surface area contributed by atoms with E-state index in [9.17, 15) is 19.5 Å². The fourth-order valence-corrected chi connectivity index (χ4v) is 9.92. The number of carbonyl (C=O) groups excluding carboxylic acids is 3. The molecule has 0 amide bonds. The lowest BCUT2D eigenvalue weighted by Crippen LogP contribution is -2.44. The van der Waals surface area contributed by atoms with Gasteiger partial charge in [0.15, 0.2) is 12.4 Å². The highest BCUT2D eigenvalue weighted by molar-refractivity contribution is 5.70. The second-order valence-electron chi connectivity index (χ2n) is 24.1. The largest absolute Gasteiger partial charge is 0.545 e. The summed E-state index contributed by atoms with van der Waals surface area (Å²) in [4.78, 5) is 37.3. The van der Waals surface area contributed by atoms with E-state index in [0.717, 1.165) is 64.2 Å². The Morgan fingerprint density at radius 2 is 0.692 bits per heavy atom. The van der Waals surface area contributed by atoms with Crippen LogP contribution in [0.1, 0.15) is 328 Å². The summed E-state index contributed by atoms with van der Waals surface area (Å²) in [6.07, 6.45) is 72.4. The highest BCUT2D eigenvalue weighted by atomic mass is 16.7. The van der Waals surface area contributed by atoms with Gasteiger partial charge in [0.05, 0.1) is 40.3 Å². The Balaban J connectivity index is 3.98. The molecule has 0 heterocycles. The van der Waals surface area contributed by atoms with Crippen LogP contribution in [-0.4, -0.2) is 82.3 Å². The van der Waals surface area contributed by atoms with Gasteiger partial charge in [0, 0.05) is 12.8 Å². The maximum Gasteiger partial charge on any atom is 0.306 e. The van der Waals surface area contributed by atoms with Crippen LogP contribution in [0.3, 0.4) is 0 Å². The Bertz CT molecular complexity index is 1370. The SMILES string of the molecule is CCCCCCC/C=C\C/C=C\CCCCCCCCCCCCCCCCCCCCCCCCCCCC(=O)OC(COC(=O)CCCCCCC/C=C\CCCCCCCCC)COC(OCC[N+](C)(C)C)C(=O)[O-]. The van der Waals surface area contributed by atoms with Crippen molar-refractivity contribution in [1.82, 2.24) is 0 Å². The third-order valence-corrected chi connectivity index (χ3v) is 15.1. The topological polar surface area (TPSA) is 111 Å². The van der Waals surface area contributed by atoms with Gasteiger partial charge in [-0.15, -0.1) is 0 Å². The number of aliphatic carboxylic acids is 1. The fourth-order valence-electron chi connectivity index (χ4n) is 9.92. The number of unbranched alkanes of at least 4 members (excludes halogenated alkanes) is 42. The number of likely N-dealkylation sites (N-methyl/N-ethyl adjacent to an activating group) is 1. The van der Waals surface area contributed by atoms with Gasteiger partial charge in [-0.25, -0.2) is 0 Å². The van der Waals surface area contributed by atoms with E-state index in [1.54, 1.807) is 0 Å². The van der Waals surface area contributed by atoms with Gasteiger partial charge in [-0.1, -0.05) is 281 Å². The Hall–Kier alpha value is -2.49. The molecule has 2 atom stereocenters. The van der Waals surface area contributed by atoms with Crippen LogP contribution in [0.15, 0.2) is 36.5 Å². The van der Waals surface area contributed by atoms with Crippen molar-refractivity contribution in [3.05, 3.63) is 36.5 Å². The van der Waals surface area contributed by atoms with Crippen molar-refractivity contribution in [2.24, 2.45) is 0 Å². The fraction of sp³-hybridized carbons (Fsp3) is 0.870. The molecular formula is C69H129NO8. The van der Waals surface area contributed by atoms with Gasteiger partial charge in [0.2, 0.25) is 0 Å². The summed E-state index contributed by atoms with van der Waals surface area (Å²) >= 11 is 0. The molecule has 78 heavy (non-hydrogen) atoms. The maximum atomic E-state index is 12.9. The third-order valence-electron chi connectivity index (χ3n) is 15.1. The number of quaternary nitrogens is 1. The Morgan fingerprint density at radius 3 is 1.03 bits per heavy atom. The van der Waals surface area contributed by atoms with Crippen LogP contribution in [-0.2, 0) is 33.3 Å². The molecule has 2 unspecified atom stereocenters. The number of nitrogens with zero attached hydrogens (tertiary/aromatic N) is 1. The standard InChI is InChI=1S/C69H129NO8/c1-6-8-10-12-14-16-18-20-22-24-25-26-27-28-29-30-31-32-33-34-35-36-37-38-39-40-41-42-43-44-46-48-50-52-54-56-58-60-67(72)78-65(64-77-69(68(73)74)75-62-61-70(3,4)5)63-76-66(71)59-57-55-53-51-49-47-45-23-21-19-17-15-13-11-9-7-2/h18,20,23-25,45,65,69H,6-17,19,21-22,26-44,46-64H2,1-5H3/b20-18-,25-24-,45-23-. The molecule has 0 aliphatic rings. The van der Waals surface area contributed by atoms with E-state index in [0.29, 0.717) is 11.0 Å². The van der Waals surface area contributed by atoms with Gasteiger partial charge in [0.25, 0.3) is 0 Å². The average molecular weight is 1100 g/mol. The van der Waals surface area contributed by atoms with Crippen LogP contribution >= 0.6 is 0 Å². The first-order valence-corrected chi connectivity index (χ1v) is 33.6. The molecule has 0 aromatic heterocycles. The lowest BCUT2D eigenvalue weighted by atomic mass is 10.0. The predicted molar refractivity (Wildman–Crippen MR) is 329 cm³/mol. The first-order chi connectivity index (χ1) is 38.1. The van der Waals surface area contributed by atoms with Crippen LogP contribution in [0.4, 0.5) is 0 Å². The molecule has 0 saturated carbocycles. The Kier molecular flexibility index (Phi) is 58.7. The molecule has 0 spiro atoms. The Labute approximate surface area is 483 Å². The number of esters is 2. The van der Waals surface area contributed by atoms with E-state index in [1.807, 2.05) is 21.1 Å². The van der Waals surface area contributed by atoms with Crippen LogP contribution in [0.25, 0.3) is 0 Å². The quantitative estimate of drug-likeness (QED) is 0.0195. The number of hydrogen-bond acceptors (Lipinski definition) is 8. The zero-order valence-corrected chi connectivity index (χ0v) is 52.3. The molecule has 0 rings (SSSR count). The van der Waals surface area contributed by atoms with Gasteiger partial charge in [-0.2, -0.15) is 0 Å². The van der Waals surface area contributed by atoms with E-state index in [-0.39, 0.29) is 38.6 Å². The van der Waals surface area contributed by atoms with Crippen molar-refractivity contribution in [1.29, 1.82) is 0 Å². The average Bonchev–Trinajstić information content (AvgIpc) is 3.41. The molecule has 0 aliphatic carbocycles. The molecule has 0 aromatic rings. The van der Waals surface area contributed by atoms with E-state index in [2.05, 4.69) is 50.3 Å². The van der Waals surface area contributed by atoms with E-state index in [4.69, 9.17) is 18.9 Å². The van der Waals surface area contributed by atoms with Gasteiger partial charge >= 0.3 is 11.9 Å². The summed E-state index contributed by atoms with van der Waals surface area (Å²) in [5, 5.41) is 11.8. The molecule has 0 aliphatic heterocycles. The number of carbonyl (C=O) groups is 3. The minimum Gasteiger partial charge on any atom is -0.545 e. The van der Waals surface area contributed by atoms with E-state index < -0.39 is 24.3 Å². The first-order valence-electron chi connectivity index (χ1n) is 33.6. The number of allylic oxidation sites excluding steroid dienone is 6. The number of ether oxygens (including phenoxy) is 4.